The lowest BCUT2D eigenvalue weighted by Crippen LogP contribution is -2.56. The summed E-state index contributed by atoms with van der Waals surface area (Å²) in [4.78, 5) is 28.3. The van der Waals surface area contributed by atoms with Gasteiger partial charge in [0.1, 0.15) is 6.04 Å². The Hall–Kier alpha value is -2.29. The molecule has 1 heterocycles. The van der Waals surface area contributed by atoms with Crippen molar-refractivity contribution in [1.29, 1.82) is 0 Å². The SMILES string of the molecule is CCOC(=O)N1CCN(C(=O)C(CC)N(c2ccc(C)c(C)c2)S(C)(=O)=O)CC1. The van der Waals surface area contributed by atoms with Gasteiger partial charge >= 0.3 is 6.09 Å². The van der Waals surface area contributed by atoms with Crippen molar-refractivity contribution in [3.05, 3.63) is 29.3 Å². The van der Waals surface area contributed by atoms with Crippen LogP contribution in [0, 0.1) is 13.8 Å². The number of ether oxygens (including phenoxy) is 1. The van der Waals surface area contributed by atoms with E-state index in [1.54, 1.807) is 35.8 Å². The van der Waals surface area contributed by atoms with Gasteiger partial charge in [0.25, 0.3) is 0 Å². The quantitative estimate of drug-likeness (QED) is 0.697. The number of rotatable bonds is 6. The first-order valence-electron chi connectivity index (χ1n) is 9.87. The van der Waals surface area contributed by atoms with Gasteiger partial charge in [-0.1, -0.05) is 13.0 Å². The van der Waals surface area contributed by atoms with E-state index in [9.17, 15) is 18.0 Å². The van der Waals surface area contributed by atoms with Crippen LogP contribution in [0.5, 0.6) is 0 Å². The Balaban J connectivity index is 2.23. The number of nitrogens with zero attached hydrogens (tertiary/aromatic N) is 3. The number of anilines is 1. The lowest BCUT2D eigenvalue weighted by molar-refractivity contribution is -0.134. The van der Waals surface area contributed by atoms with Crippen molar-refractivity contribution in [2.24, 2.45) is 0 Å². The molecule has 1 saturated heterocycles. The summed E-state index contributed by atoms with van der Waals surface area (Å²) in [7, 11) is -3.67. The molecule has 1 unspecified atom stereocenters. The van der Waals surface area contributed by atoms with Crippen LogP contribution >= 0.6 is 0 Å². The molecule has 1 fully saturated rings. The summed E-state index contributed by atoms with van der Waals surface area (Å²) in [5.41, 5.74) is 2.50. The summed E-state index contributed by atoms with van der Waals surface area (Å²) >= 11 is 0. The summed E-state index contributed by atoms with van der Waals surface area (Å²) < 4.78 is 31.5. The van der Waals surface area contributed by atoms with Crippen LogP contribution < -0.4 is 4.31 Å². The second-order valence-corrected chi connectivity index (χ2v) is 9.12. The molecule has 1 aromatic carbocycles. The van der Waals surface area contributed by atoms with Gasteiger partial charge in [0, 0.05) is 26.2 Å². The van der Waals surface area contributed by atoms with E-state index in [4.69, 9.17) is 4.74 Å². The largest absolute Gasteiger partial charge is 0.450 e. The van der Waals surface area contributed by atoms with Crippen molar-refractivity contribution >= 4 is 27.7 Å². The number of benzene rings is 1. The van der Waals surface area contributed by atoms with Crippen LogP contribution in [0.3, 0.4) is 0 Å². The van der Waals surface area contributed by atoms with Crippen LogP contribution in [0.2, 0.25) is 0 Å². The van der Waals surface area contributed by atoms with Crippen molar-refractivity contribution in [3.63, 3.8) is 0 Å². The maximum Gasteiger partial charge on any atom is 0.409 e. The Kier molecular flexibility index (Phi) is 7.51. The molecular formula is C20H31N3O5S. The zero-order valence-electron chi connectivity index (χ0n) is 17.8. The van der Waals surface area contributed by atoms with Crippen molar-refractivity contribution in [2.45, 2.75) is 40.2 Å². The molecule has 0 spiro atoms. The van der Waals surface area contributed by atoms with E-state index >= 15 is 0 Å². The molecule has 0 saturated carbocycles. The normalized spacial score (nSPS) is 15.8. The van der Waals surface area contributed by atoms with Crippen molar-refractivity contribution in [3.8, 4) is 0 Å². The molecule has 29 heavy (non-hydrogen) atoms. The fourth-order valence-corrected chi connectivity index (χ4v) is 4.64. The molecule has 1 atom stereocenters. The monoisotopic (exact) mass is 425 g/mol. The molecule has 9 heteroatoms. The number of carbonyl (C=O) groups is 2. The van der Waals surface area contributed by atoms with E-state index in [-0.39, 0.29) is 12.0 Å². The molecule has 0 aromatic heterocycles. The Labute approximate surface area is 173 Å². The third-order valence-electron chi connectivity index (χ3n) is 5.17. The smallest absolute Gasteiger partial charge is 0.409 e. The van der Waals surface area contributed by atoms with Crippen LogP contribution in [-0.2, 0) is 19.6 Å². The van der Waals surface area contributed by atoms with Gasteiger partial charge in [-0.3, -0.25) is 9.10 Å². The second kappa shape index (κ2) is 9.47. The van der Waals surface area contributed by atoms with Gasteiger partial charge in [-0.15, -0.1) is 0 Å². The maximum atomic E-state index is 13.2. The number of amides is 2. The van der Waals surface area contributed by atoms with Gasteiger partial charge < -0.3 is 14.5 Å². The van der Waals surface area contributed by atoms with Crippen LogP contribution in [0.4, 0.5) is 10.5 Å². The van der Waals surface area contributed by atoms with Gasteiger partial charge in [0.2, 0.25) is 15.9 Å². The third-order valence-corrected chi connectivity index (χ3v) is 6.35. The summed E-state index contributed by atoms with van der Waals surface area (Å²) in [5.74, 6) is -0.250. The van der Waals surface area contributed by atoms with E-state index in [0.717, 1.165) is 17.4 Å². The van der Waals surface area contributed by atoms with E-state index in [1.807, 2.05) is 19.9 Å². The van der Waals surface area contributed by atoms with Crippen LogP contribution in [0.15, 0.2) is 18.2 Å². The van der Waals surface area contributed by atoms with Gasteiger partial charge in [0.15, 0.2) is 0 Å². The summed E-state index contributed by atoms with van der Waals surface area (Å²) in [6.45, 7) is 9.14. The highest BCUT2D eigenvalue weighted by molar-refractivity contribution is 7.92. The van der Waals surface area contributed by atoms with Crippen LogP contribution in [0.1, 0.15) is 31.4 Å². The zero-order chi connectivity index (χ0) is 21.8. The highest BCUT2D eigenvalue weighted by atomic mass is 32.2. The number of piperazine rings is 1. The number of hydrogen-bond donors (Lipinski definition) is 0. The Bertz CT molecular complexity index is 848. The van der Waals surface area contributed by atoms with E-state index < -0.39 is 16.1 Å². The highest BCUT2D eigenvalue weighted by Gasteiger charge is 2.36. The van der Waals surface area contributed by atoms with Gasteiger partial charge in [0.05, 0.1) is 18.6 Å². The molecule has 162 valence electrons. The molecule has 0 N–H and O–H groups in total. The molecule has 0 radical (unpaired) electrons. The molecule has 1 aliphatic rings. The molecular weight excluding hydrogens is 394 g/mol. The lowest BCUT2D eigenvalue weighted by Gasteiger charge is -2.38. The highest BCUT2D eigenvalue weighted by Crippen LogP contribution is 2.26. The molecule has 0 aliphatic carbocycles. The number of hydrogen-bond acceptors (Lipinski definition) is 5. The number of carbonyl (C=O) groups excluding carboxylic acids is 2. The van der Waals surface area contributed by atoms with Gasteiger partial charge in [-0.05, 0) is 50.5 Å². The summed E-state index contributed by atoms with van der Waals surface area (Å²) in [6.07, 6.45) is 1.08. The van der Waals surface area contributed by atoms with Crippen molar-refractivity contribution < 1.29 is 22.7 Å². The molecule has 2 rings (SSSR count). The molecule has 0 bridgehead atoms. The fraction of sp³-hybridized carbons (Fsp3) is 0.600. The zero-order valence-corrected chi connectivity index (χ0v) is 18.7. The minimum atomic E-state index is -3.67. The molecule has 1 aromatic rings. The van der Waals surface area contributed by atoms with Crippen molar-refractivity contribution in [1.82, 2.24) is 9.80 Å². The first-order valence-corrected chi connectivity index (χ1v) is 11.7. The topological polar surface area (TPSA) is 87.2 Å². The summed E-state index contributed by atoms with van der Waals surface area (Å²) in [6, 6.07) is 4.56. The predicted octanol–water partition coefficient (Wildman–Crippen LogP) is 2.15. The van der Waals surface area contributed by atoms with Crippen LogP contribution in [0.25, 0.3) is 0 Å². The van der Waals surface area contributed by atoms with E-state index in [1.165, 1.54) is 4.31 Å². The maximum absolute atomic E-state index is 13.2. The minimum absolute atomic E-state index is 0.250. The lowest BCUT2D eigenvalue weighted by atomic mass is 10.1. The Morgan fingerprint density at radius 1 is 1.07 bits per heavy atom. The number of sulfonamides is 1. The molecule has 1 aliphatic heterocycles. The Morgan fingerprint density at radius 2 is 1.66 bits per heavy atom. The molecule has 2 amide bonds. The third kappa shape index (κ3) is 5.41. The summed E-state index contributed by atoms with van der Waals surface area (Å²) in [5, 5.41) is 0. The average Bonchev–Trinajstić information content (AvgIpc) is 2.67. The van der Waals surface area contributed by atoms with E-state index in [2.05, 4.69) is 0 Å². The standard InChI is InChI=1S/C20H31N3O5S/c1-6-18(19(24)21-10-12-22(13-11-21)20(25)28-7-2)23(29(5,26)27)17-9-8-15(3)16(4)14-17/h8-9,14,18H,6-7,10-13H2,1-5H3. The van der Waals surface area contributed by atoms with Gasteiger partial charge in [-0.25, -0.2) is 13.2 Å². The van der Waals surface area contributed by atoms with Crippen molar-refractivity contribution in [2.75, 3.05) is 43.3 Å². The predicted molar refractivity (Wildman–Crippen MR) is 112 cm³/mol. The first kappa shape index (κ1) is 23.0. The fourth-order valence-electron chi connectivity index (χ4n) is 3.44. The minimum Gasteiger partial charge on any atom is -0.450 e. The molecule has 8 nitrogen and oxygen atoms in total. The number of aryl methyl sites for hydroxylation is 2. The van der Waals surface area contributed by atoms with E-state index in [0.29, 0.717) is 44.9 Å². The average molecular weight is 426 g/mol. The Morgan fingerprint density at radius 3 is 2.14 bits per heavy atom. The van der Waals surface area contributed by atoms with Crippen LogP contribution in [-0.4, -0.2) is 75.3 Å². The van der Waals surface area contributed by atoms with Gasteiger partial charge in [-0.2, -0.15) is 0 Å². The first-order chi connectivity index (χ1) is 13.6. The second-order valence-electron chi connectivity index (χ2n) is 7.26.